The molecular formula is C23H20BrFN4O4. The van der Waals surface area contributed by atoms with Gasteiger partial charge in [-0.05, 0) is 17.7 Å². The summed E-state index contributed by atoms with van der Waals surface area (Å²) >= 11 is 3.22. The molecule has 0 saturated carbocycles. The third kappa shape index (κ3) is 4.15. The van der Waals surface area contributed by atoms with Gasteiger partial charge in [-0.25, -0.2) is 14.0 Å². The second-order valence-corrected chi connectivity index (χ2v) is 7.78. The molecule has 0 fully saturated rings. The van der Waals surface area contributed by atoms with Gasteiger partial charge in [0.15, 0.2) is 5.82 Å². The van der Waals surface area contributed by atoms with E-state index in [1.807, 2.05) is 6.07 Å². The van der Waals surface area contributed by atoms with Crippen LogP contribution in [0.25, 0.3) is 0 Å². The molecule has 1 aliphatic rings. The standard InChI is InChI=1S/C23H20BrFN4O4/c1-28-16-10-13(24)9-15(25)19(16)29-20(23(31)33-3)18(22(30)32-2)17(14(11-26)21(29)27)12-7-5-4-6-8-12/h4-10,17,28H,27H2,1-3H3. The number of rotatable bonds is 5. The van der Waals surface area contributed by atoms with Gasteiger partial charge >= 0.3 is 11.9 Å². The maximum absolute atomic E-state index is 15.3. The Bertz CT molecular complexity index is 1220. The van der Waals surface area contributed by atoms with Gasteiger partial charge in [-0.15, -0.1) is 0 Å². The number of ether oxygens (including phenoxy) is 2. The van der Waals surface area contributed by atoms with Gasteiger partial charge in [-0.1, -0.05) is 46.3 Å². The summed E-state index contributed by atoms with van der Waals surface area (Å²) in [6, 6.07) is 13.3. The van der Waals surface area contributed by atoms with Crippen LogP contribution in [-0.2, 0) is 19.1 Å². The van der Waals surface area contributed by atoms with Gasteiger partial charge in [-0.3, -0.25) is 4.90 Å². The van der Waals surface area contributed by atoms with Crippen molar-refractivity contribution in [1.29, 1.82) is 5.26 Å². The van der Waals surface area contributed by atoms with Crippen molar-refractivity contribution in [3.8, 4) is 6.07 Å². The SMILES string of the molecule is CNc1cc(Br)cc(F)c1N1C(N)=C(C#N)C(c2ccccc2)C(C(=O)OC)=C1C(=O)OC. The summed E-state index contributed by atoms with van der Waals surface area (Å²) in [6.07, 6.45) is 0. The summed E-state index contributed by atoms with van der Waals surface area (Å²) in [5.74, 6) is -3.88. The number of carbonyl (C=O) groups excluding carboxylic acids is 2. The lowest BCUT2D eigenvalue weighted by atomic mass is 9.81. The zero-order valence-corrected chi connectivity index (χ0v) is 19.6. The van der Waals surface area contributed by atoms with Crippen LogP contribution in [0.1, 0.15) is 11.5 Å². The Morgan fingerprint density at radius 2 is 1.82 bits per heavy atom. The number of anilines is 2. The molecule has 8 nitrogen and oxygen atoms in total. The van der Waals surface area contributed by atoms with Gasteiger partial charge in [0.25, 0.3) is 0 Å². The first kappa shape index (κ1) is 23.8. The maximum Gasteiger partial charge on any atom is 0.355 e. The molecule has 170 valence electrons. The molecule has 1 unspecified atom stereocenters. The number of halogens is 2. The molecule has 1 aliphatic heterocycles. The third-order valence-corrected chi connectivity index (χ3v) is 5.59. The van der Waals surface area contributed by atoms with Crippen LogP contribution in [0.15, 0.2) is 69.6 Å². The second-order valence-electron chi connectivity index (χ2n) is 6.87. The Kier molecular flexibility index (Phi) is 7.04. The van der Waals surface area contributed by atoms with Crippen LogP contribution in [0.5, 0.6) is 0 Å². The molecule has 0 amide bonds. The summed E-state index contributed by atoms with van der Waals surface area (Å²) in [4.78, 5) is 27.1. The van der Waals surface area contributed by atoms with Gasteiger partial charge in [0.2, 0.25) is 0 Å². The van der Waals surface area contributed by atoms with E-state index in [0.717, 1.165) is 19.1 Å². The Hall–Kier alpha value is -3.84. The number of carbonyl (C=O) groups is 2. The fourth-order valence-electron chi connectivity index (χ4n) is 3.73. The van der Waals surface area contributed by atoms with E-state index in [1.54, 1.807) is 43.4 Å². The highest BCUT2D eigenvalue weighted by Crippen LogP contribution is 2.46. The van der Waals surface area contributed by atoms with Crippen molar-refractivity contribution < 1.29 is 23.5 Å². The van der Waals surface area contributed by atoms with Crippen LogP contribution in [0.4, 0.5) is 15.8 Å². The molecule has 0 bridgehead atoms. The fourth-order valence-corrected chi connectivity index (χ4v) is 4.16. The maximum atomic E-state index is 15.3. The van der Waals surface area contributed by atoms with E-state index in [1.165, 1.54) is 6.07 Å². The number of hydrogen-bond donors (Lipinski definition) is 2. The van der Waals surface area contributed by atoms with E-state index >= 15 is 4.39 Å². The van der Waals surface area contributed by atoms with Gasteiger partial charge in [-0.2, -0.15) is 5.26 Å². The smallest absolute Gasteiger partial charge is 0.355 e. The third-order valence-electron chi connectivity index (χ3n) is 5.13. The molecule has 3 rings (SSSR count). The lowest BCUT2D eigenvalue weighted by Crippen LogP contribution is -2.41. The molecule has 0 aliphatic carbocycles. The molecule has 0 saturated heterocycles. The highest BCUT2D eigenvalue weighted by Gasteiger charge is 2.44. The predicted molar refractivity (Wildman–Crippen MR) is 123 cm³/mol. The molecule has 1 atom stereocenters. The Balaban J connectivity index is 2.49. The van der Waals surface area contributed by atoms with Crippen molar-refractivity contribution in [2.24, 2.45) is 5.73 Å². The number of esters is 2. The molecule has 0 spiro atoms. The number of methoxy groups -OCH3 is 2. The molecule has 33 heavy (non-hydrogen) atoms. The van der Waals surface area contributed by atoms with E-state index in [-0.39, 0.29) is 34.0 Å². The van der Waals surface area contributed by atoms with Gasteiger partial charge in [0.05, 0.1) is 43.0 Å². The second kappa shape index (κ2) is 9.75. The zero-order valence-electron chi connectivity index (χ0n) is 18.0. The number of hydrogen-bond acceptors (Lipinski definition) is 8. The summed E-state index contributed by atoms with van der Waals surface area (Å²) in [7, 11) is 3.81. The van der Waals surface area contributed by atoms with Crippen LogP contribution < -0.4 is 16.0 Å². The van der Waals surface area contributed by atoms with Crippen LogP contribution >= 0.6 is 15.9 Å². The van der Waals surface area contributed by atoms with Crippen LogP contribution in [0.3, 0.4) is 0 Å². The topological polar surface area (TPSA) is 118 Å². The summed E-state index contributed by atoms with van der Waals surface area (Å²) in [6.45, 7) is 0. The fraction of sp³-hybridized carbons (Fsp3) is 0.174. The number of allylic oxidation sites excluding steroid dienone is 1. The molecule has 10 heteroatoms. The van der Waals surface area contributed by atoms with Crippen LogP contribution in [-0.4, -0.2) is 33.2 Å². The predicted octanol–water partition coefficient (Wildman–Crippen LogP) is 3.53. The summed E-state index contributed by atoms with van der Waals surface area (Å²) < 4.78 is 25.6. The van der Waals surface area contributed by atoms with Crippen LogP contribution in [0, 0.1) is 17.1 Å². The number of nitrogens with two attached hydrogens (primary N) is 1. The van der Waals surface area contributed by atoms with Crippen molar-refractivity contribution in [1.82, 2.24) is 0 Å². The Morgan fingerprint density at radius 3 is 2.36 bits per heavy atom. The number of nitriles is 1. The Labute approximate surface area is 198 Å². The normalized spacial score (nSPS) is 15.8. The average Bonchev–Trinajstić information content (AvgIpc) is 2.82. The average molecular weight is 515 g/mol. The van der Waals surface area contributed by atoms with Crippen molar-refractivity contribution in [3.63, 3.8) is 0 Å². The molecule has 0 radical (unpaired) electrons. The van der Waals surface area contributed by atoms with E-state index in [9.17, 15) is 14.9 Å². The monoisotopic (exact) mass is 514 g/mol. The Morgan fingerprint density at radius 1 is 1.18 bits per heavy atom. The van der Waals surface area contributed by atoms with E-state index < -0.39 is 23.7 Å². The van der Waals surface area contributed by atoms with Gasteiger partial charge in [0.1, 0.15) is 17.2 Å². The molecule has 3 N–H and O–H groups in total. The van der Waals surface area contributed by atoms with Crippen molar-refractivity contribution in [2.45, 2.75) is 5.92 Å². The summed E-state index contributed by atoms with van der Waals surface area (Å²) in [5, 5.41) is 12.9. The largest absolute Gasteiger partial charge is 0.466 e. The number of nitrogens with zero attached hydrogens (tertiary/aromatic N) is 2. The first-order valence-corrected chi connectivity index (χ1v) is 10.4. The zero-order chi connectivity index (χ0) is 24.3. The highest BCUT2D eigenvalue weighted by molar-refractivity contribution is 9.10. The minimum absolute atomic E-state index is 0.0568. The first-order chi connectivity index (χ1) is 15.8. The van der Waals surface area contributed by atoms with Crippen molar-refractivity contribution >= 4 is 39.2 Å². The van der Waals surface area contributed by atoms with Crippen LogP contribution in [0.2, 0.25) is 0 Å². The lowest BCUT2D eigenvalue weighted by Gasteiger charge is -2.36. The quantitative estimate of drug-likeness (QED) is 0.581. The van der Waals surface area contributed by atoms with Crippen molar-refractivity contribution in [3.05, 3.63) is 81.0 Å². The minimum Gasteiger partial charge on any atom is -0.466 e. The lowest BCUT2D eigenvalue weighted by molar-refractivity contribution is -0.139. The molecule has 2 aromatic rings. The molecule has 2 aromatic carbocycles. The van der Waals surface area contributed by atoms with E-state index in [2.05, 4.69) is 21.2 Å². The van der Waals surface area contributed by atoms with Gasteiger partial charge < -0.3 is 20.5 Å². The van der Waals surface area contributed by atoms with Gasteiger partial charge in [0, 0.05) is 11.5 Å². The molecule has 0 aromatic heterocycles. The van der Waals surface area contributed by atoms with E-state index in [0.29, 0.717) is 10.0 Å². The summed E-state index contributed by atoms with van der Waals surface area (Å²) in [5.41, 5.74) is 6.37. The number of nitrogens with one attached hydrogen (secondary N) is 1. The van der Waals surface area contributed by atoms with E-state index in [4.69, 9.17) is 15.2 Å². The molecular weight excluding hydrogens is 495 g/mol. The van der Waals surface area contributed by atoms with Crippen molar-refractivity contribution in [2.75, 3.05) is 31.5 Å². The first-order valence-electron chi connectivity index (χ1n) is 9.63. The highest BCUT2D eigenvalue weighted by atomic mass is 79.9. The minimum atomic E-state index is -1.04. The molecule has 1 heterocycles. The number of benzene rings is 2.